The van der Waals surface area contributed by atoms with Crippen molar-refractivity contribution in [2.45, 2.75) is 0 Å². The first-order valence-corrected chi connectivity index (χ1v) is 12.7. The average Bonchev–Trinajstić information content (AvgIpc) is 2.94. The minimum absolute atomic E-state index is 0.115. The van der Waals surface area contributed by atoms with Crippen molar-refractivity contribution in [3.8, 4) is 22.6 Å². The molecule has 0 fully saturated rings. The van der Waals surface area contributed by atoms with Crippen LogP contribution in [0.4, 0.5) is 0 Å². The molecule has 186 valence electrons. The number of halogens is 1. The summed E-state index contributed by atoms with van der Waals surface area (Å²) in [7, 11) is 3.25. The van der Waals surface area contributed by atoms with E-state index in [1.54, 1.807) is 14.2 Å². The van der Waals surface area contributed by atoms with E-state index in [0.29, 0.717) is 0 Å². The van der Waals surface area contributed by atoms with Crippen LogP contribution in [0.5, 0.6) is 11.5 Å². The summed E-state index contributed by atoms with van der Waals surface area (Å²) in [6.07, 6.45) is 4.18. The quantitative estimate of drug-likeness (QED) is 0.135. The predicted molar refractivity (Wildman–Crippen MR) is 155 cm³/mol. The Kier molecular flexibility index (Phi) is 7.85. The second-order valence-corrected chi connectivity index (χ2v) is 9.45. The Morgan fingerprint density at radius 1 is 0.649 bits per heavy atom. The molecule has 0 aliphatic rings. The van der Waals surface area contributed by atoms with Crippen molar-refractivity contribution in [2.24, 2.45) is 0 Å². The fourth-order valence-electron chi connectivity index (χ4n) is 4.51. The van der Waals surface area contributed by atoms with Crippen LogP contribution < -0.4 is 9.47 Å². The van der Waals surface area contributed by atoms with Crippen molar-refractivity contribution in [2.75, 3.05) is 27.8 Å². The van der Waals surface area contributed by atoms with Crippen molar-refractivity contribution < 1.29 is 18.9 Å². The van der Waals surface area contributed by atoms with Gasteiger partial charge in [0.25, 0.3) is 0 Å². The lowest BCUT2D eigenvalue weighted by molar-refractivity contribution is 0.0501. The van der Waals surface area contributed by atoms with Crippen molar-refractivity contribution >= 4 is 49.6 Å². The molecule has 5 aromatic rings. The molecule has 0 heterocycles. The average molecular weight is 555 g/mol. The highest BCUT2D eigenvalue weighted by Crippen LogP contribution is 2.47. The first kappa shape index (κ1) is 25.0. The van der Waals surface area contributed by atoms with Gasteiger partial charge in [-0.1, -0.05) is 94.8 Å². The third-order valence-corrected chi connectivity index (χ3v) is 6.68. The van der Waals surface area contributed by atoms with Gasteiger partial charge in [0.15, 0.2) is 13.6 Å². The first-order chi connectivity index (χ1) is 18.2. The minimum Gasteiger partial charge on any atom is -0.467 e. The van der Waals surface area contributed by atoms with E-state index < -0.39 is 0 Å². The molecule has 5 aromatic carbocycles. The third-order valence-electron chi connectivity index (χ3n) is 6.15. The Morgan fingerprint density at radius 2 is 1.30 bits per heavy atom. The third kappa shape index (κ3) is 5.39. The zero-order valence-electron chi connectivity index (χ0n) is 20.7. The molecule has 0 saturated heterocycles. The molecule has 5 rings (SSSR count). The number of fused-ring (bicyclic) bond motifs is 2. The Bertz CT molecular complexity index is 1560. The van der Waals surface area contributed by atoms with E-state index in [2.05, 4.69) is 82.7 Å². The molecule has 0 aromatic heterocycles. The molecule has 0 amide bonds. The van der Waals surface area contributed by atoms with Crippen molar-refractivity contribution in [3.63, 3.8) is 0 Å². The maximum absolute atomic E-state index is 6.33. The number of hydrogen-bond acceptors (Lipinski definition) is 4. The number of methoxy groups -OCH3 is 2. The molecule has 0 saturated carbocycles. The van der Waals surface area contributed by atoms with Gasteiger partial charge in [-0.05, 0) is 51.4 Å². The second-order valence-electron chi connectivity index (χ2n) is 8.54. The van der Waals surface area contributed by atoms with Gasteiger partial charge in [0.1, 0.15) is 11.5 Å². The minimum atomic E-state index is 0.115. The van der Waals surface area contributed by atoms with E-state index in [9.17, 15) is 0 Å². The maximum Gasteiger partial charge on any atom is 0.188 e. The van der Waals surface area contributed by atoms with Crippen LogP contribution in [0.2, 0.25) is 0 Å². The van der Waals surface area contributed by atoms with Gasteiger partial charge in [-0.25, -0.2) is 0 Å². The molecule has 0 N–H and O–H groups in total. The normalized spacial score (nSPS) is 11.4. The molecule has 0 unspecified atom stereocenters. The van der Waals surface area contributed by atoms with Gasteiger partial charge in [-0.2, -0.15) is 0 Å². The topological polar surface area (TPSA) is 36.9 Å². The van der Waals surface area contributed by atoms with E-state index in [1.165, 1.54) is 0 Å². The lowest BCUT2D eigenvalue weighted by Gasteiger charge is -2.21. The molecule has 0 bridgehead atoms. The number of rotatable bonds is 9. The first-order valence-electron chi connectivity index (χ1n) is 11.9. The summed E-state index contributed by atoms with van der Waals surface area (Å²) in [4.78, 5) is 0. The molecule has 0 aliphatic heterocycles. The predicted octanol–water partition coefficient (Wildman–Crippen LogP) is 8.56. The summed E-state index contributed by atoms with van der Waals surface area (Å²) in [5.74, 6) is 1.45. The van der Waals surface area contributed by atoms with Crippen molar-refractivity contribution in [1.82, 2.24) is 0 Å². The van der Waals surface area contributed by atoms with Crippen LogP contribution in [-0.4, -0.2) is 27.8 Å². The van der Waals surface area contributed by atoms with Crippen LogP contribution in [-0.2, 0) is 9.47 Å². The fourth-order valence-corrected chi connectivity index (χ4v) is 4.77. The highest BCUT2D eigenvalue weighted by atomic mass is 79.9. The lowest BCUT2D eigenvalue weighted by atomic mass is 9.90. The molecular formula is C32H27BrO4. The second kappa shape index (κ2) is 11.6. The molecule has 0 radical (unpaired) electrons. The van der Waals surface area contributed by atoms with Crippen LogP contribution >= 0.6 is 15.9 Å². The molecule has 37 heavy (non-hydrogen) atoms. The van der Waals surface area contributed by atoms with Gasteiger partial charge < -0.3 is 18.9 Å². The van der Waals surface area contributed by atoms with Gasteiger partial charge >= 0.3 is 0 Å². The van der Waals surface area contributed by atoms with E-state index in [0.717, 1.165) is 59.8 Å². The zero-order chi connectivity index (χ0) is 25.6. The fraction of sp³-hybridized carbons (Fsp3) is 0.125. The molecule has 0 atom stereocenters. The number of benzene rings is 5. The van der Waals surface area contributed by atoms with Gasteiger partial charge in [-0.3, -0.25) is 0 Å². The van der Waals surface area contributed by atoms with Gasteiger partial charge in [0, 0.05) is 35.4 Å². The Hall–Kier alpha value is -3.64. The van der Waals surface area contributed by atoms with E-state index in [-0.39, 0.29) is 13.6 Å². The van der Waals surface area contributed by atoms with E-state index in [1.807, 2.05) is 36.4 Å². The van der Waals surface area contributed by atoms with Gasteiger partial charge in [0.05, 0.1) is 0 Å². The van der Waals surface area contributed by atoms with E-state index in [4.69, 9.17) is 18.9 Å². The summed E-state index contributed by atoms with van der Waals surface area (Å²) in [6.45, 7) is 0.254. The highest BCUT2D eigenvalue weighted by Gasteiger charge is 2.21. The van der Waals surface area contributed by atoms with Gasteiger partial charge in [-0.15, -0.1) is 0 Å². The highest BCUT2D eigenvalue weighted by molar-refractivity contribution is 9.10. The SMILES string of the molecule is COCOc1ccc2ccccc2c1-c1c(OCOC)c(C=Cc2ccc(Br)cc2)cc2ccccc12. The lowest BCUT2D eigenvalue weighted by Crippen LogP contribution is -2.05. The van der Waals surface area contributed by atoms with Crippen molar-refractivity contribution in [3.05, 3.63) is 107 Å². The number of ether oxygens (including phenoxy) is 4. The number of hydrogen-bond donors (Lipinski definition) is 0. The molecule has 5 heteroatoms. The summed E-state index contributed by atoms with van der Waals surface area (Å²) in [5, 5.41) is 4.34. The Morgan fingerprint density at radius 3 is 2.03 bits per heavy atom. The molecular weight excluding hydrogens is 528 g/mol. The van der Waals surface area contributed by atoms with Crippen LogP contribution in [0.1, 0.15) is 11.1 Å². The Balaban J connectivity index is 1.82. The zero-order valence-corrected chi connectivity index (χ0v) is 22.3. The van der Waals surface area contributed by atoms with Crippen molar-refractivity contribution in [1.29, 1.82) is 0 Å². The largest absolute Gasteiger partial charge is 0.467 e. The summed E-state index contributed by atoms with van der Waals surface area (Å²) in [5.41, 5.74) is 3.94. The van der Waals surface area contributed by atoms with E-state index >= 15 is 0 Å². The monoisotopic (exact) mass is 554 g/mol. The summed E-state index contributed by atoms with van der Waals surface area (Å²) >= 11 is 3.51. The smallest absolute Gasteiger partial charge is 0.188 e. The van der Waals surface area contributed by atoms with Crippen LogP contribution in [0.15, 0.2) is 95.5 Å². The van der Waals surface area contributed by atoms with Crippen LogP contribution in [0.3, 0.4) is 0 Å². The standard InChI is InChI=1S/C32H27BrO4/c1-34-20-36-29-18-15-23-7-3-5-9-27(23)30(29)31-28-10-6-4-8-24(28)19-25(32(31)37-21-35-2)14-11-22-12-16-26(33)17-13-22/h3-19H,20-21H2,1-2H3. The summed E-state index contributed by atoms with van der Waals surface area (Å²) < 4.78 is 24.1. The van der Waals surface area contributed by atoms with Crippen LogP contribution in [0, 0.1) is 0 Å². The Labute approximate surface area is 225 Å². The van der Waals surface area contributed by atoms with Crippen LogP contribution in [0.25, 0.3) is 44.8 Å². The molecule has 4 nitrogen and oxygen atoms in total. The van der Waals surface area contributed by atoms with Gasteiger partial charge in [0.2, 0.25) is 0 Å². The molecule has 0 aliphatic carbocycles. The maximum atomic E-state index is 6.33. The molecule has 0 spiro atoms. The summed E-state index contributed by atoms with van der Waals surface area (Å²) in [6, 6.07) is 31.1.